The number of oxazole rings is 1. The zero-order valence-corrected chi connectivity index (χ0v) is 11.8. The van der Waals surface area contributed by atoms with E-state index in [1.165, 1.54) is 18.4 Å². The van der Waals surface area contributed by atoms with Crippen LogP contribution in [0.25, 0.3) is 11.3 Å². The molecular weight excluding hydrogens is 292 g/mol. The fourth-order valence-electron chi connectivity index (χ4n) is 1.90. The molecule has 0 aliphatic heterocycles. The summed E-state index contributed by atoms with van der Waals surface area (Å²) in [6.07, 6.45) is 4.36. The van der Waals surface area contributed by atoms with Crippen molar-refractivity contribution in [3.8, 4) is 11.3 Å². The summed E-state index contributed by atoms with van der Waals surface area (Å²) in [5.41, 5.74) is 2.28. The van der Waals surface area contributed by atoms with Gasteiger partial charge in [0.15, 0.2) is 5.76 Å². The fourth-order valence-corrected chi connectivity index (χ4v) is 2.26. The van der Waals surface area contributed by atoms with E-state index in [1.807, 2.05) is 6.07 Å². The quantitative estimate of drug-likeness (QED) is 0.936. The van der Waals surface area contributed by atoms with Crippen LogP contribution in [-0.2, 0) is 6.54 Å². The summed E-state index contributed by atoms with van der Waals surface area (Å²) < 4.78 is 6.84. The molecule has 2 aromatic rings. The van der Waals surface area contributed by atoms with Crippen LogP contribution in [0.3, 0.4) is 0 Å². The monoisotopic (exact) mass is 306 g/mol. The predicted molar refractivity (Wildman–Crippen MR) is 74.2 cm³/mol. The first-order valence-electron chi connectivity index (χ1n) is 6.17. The van der Waals surface area contributed by atoms with E-state index in [9.17, 15) is 0 Å². The van der Waals surface area contributed by atoms with Crippen LogP contribution in [0.2, 0.25) is 0 Å². The number of benzene rings is 1. The van der Waals surface area contributed by atoms with Gasteiger partial charge in [0.05, 0.1) is 12.7 Å². The number of rotatable bonds is 4. The number of hydrogen-bond donors (Lipinski definition) is 1. The smallest absolute Gasteiger partial charge is 0.208 e. The Bertz CT molecular complexity index is 561. The summed E-state index contributed by atoms with van der Waals surface area (Å²) >= 11 is 3.48. The third kappa shape index (κ3) is 2.65. The second-order valence-corrected chi connectivity index (χ2v) is 5.65. The molecule has 0 amide bonds. The topological polar surface area (TPSA) is 38.1 Å². The summed E-state index contributed by atoms with van der Waals surface area (Å²) in [5.74, 6) is 1.60. The Kier molecular flexibility index (Phi) is 3.22. The van der Waals surface area contributed by atoms with Crippen LogP contribution >= 0.6 is 15.9 Å². The first-order valence-corrected chi connectivity index (χ1v) is 6.96. The number of halogens is 1. The fraction of sp³-hybridized carbons (Fsp3) is 0.357. The SMILES string of the molecule is Cc1ccc(Br)cc1-c1cnc(CNC2CC2)o1. The third-order valence-corrected chi connectivity index (χ3v) is 3.63. The lowest BCUT2D eigenvalue weighted by Crippen LogP contribution is -2.15. The highest BCUT2D eigenvalue weighted by atomic mass is 79.9. The molecule has 1 aromatic carbocycles. The summed E-state index contributed by atoms with van der Waals surface area (Å²) in [6, 6.07) is 6.84. The van der Waals surface area contributed by atoms with Gasteiger partial charge < -0.3 is 9.73 Å². The molecule has 0 radical (unpaired) electrons. The Morgan fingerprint density at radius 3 is 3.06 bits per heavy atom. The van der Waals surface area contributed by atoms with E-state index in [0.29, 0.717) is 6.04 Å². The van der Waals surface area contributed by atoms with E-state index in [2.05, 4.69) is 45.3 Å². The predicted octanol–water partition coefficient (Wildman–Crippen LogP) is 3.66. The number of aryl methyl sites for hydroxylation is 1. The lowest BCUT2D eigenvalue weighted by atomic mass is 10.1. The molecule has 0 spiro atoms. The van der Waals surface area contributed by atoms with Crippen LogP contribution in [0.4, 0.5) is 0 Å². The molecule has 0 unspecified atom stereocenters. The molecule has 1 fully saturated rings. The van der Waals surface area contributed by atoms with Gasteiger partial charge in [-0.15, -0.1) is 0 Å². The first-order chi connectivity index (χ1) is 8.72. The van der Waals surface area contributed by atoms with Gasteiger partial charge in [0.1, 0.15) is 0 Å². The molecule has 0 bridgehead atoms. The minimum Gasteiger partial charge on any atom is -0.439 e. The van der Waals surface area contributed by atoms with E-state index in [4.69, 9.17) is 4.42 Å². The summed E-state index contributed by atoms with van der Waals surface area (Å²) in [6.45, 7) is 2.80. The van der Waals surface area contributed by atoms with Gasteiger partial charge in [-0.3, -0.25) is 0 Å². The van der Waals surface area contributed by atoms with Crippen LogP contribution in [-0.4, -0.2) is 11.0 Å². The van der Waals surface area contributed by atoms with Crippen LogP contribution in [0, 0.1) is 6.92 Å². The molecule has 1 aromatic heterocycles. The molecule has 1 saturated carbocycles. The number of aromatic nitrogens is 1. The molecular formula is C14H15BrN2O. The van der Waals surface area contributed by atoms with Gasteiger partial charge in [-0.25, -0.2) is 4.98 Å². The average molecular weight is 307 g/mol. The summed E-state index contributed by atoms with van der Waals surface area (Å²) in [7, 11) is 0. The largest absolute Gasteiger partial charge is 0.439 e. The molecule has 3 rings (SSSR count). The molecule has 0 atom stereocenters. The molecule has 18 heavy (non-hydrogen) atoms. The van der Waals surface area contributed by atoms with Crippen molar-refractivity contribution < 1.29 is 4.42 Å². The Hall–Kier alpha value is -1.13. The van der Waals surface area contributed by atoms with Gasteiger partial charge in [-0.05, 0) is 37.5 Å². The maximum Gasteiger partial charge on any atom is 0.208 e. The van der Waals surface area contributed by atoms with E-state index < -0.39 is 0 Å². The molecule has 1 aliphatic carbocycles. The van der Waals surface area contributed by atoms with Crippen molar-refractivity contribution in [3.63, 3.8) is 0 Å². The van der Waals surface area contributed by atoms with E-state index in [-0.39, 0.29) is 0 Å². The van der Waals surface area contributed by atoms with Crippen LogP contribution in [0.5, 0.6) is 0 Å². The Morgan fingerprint density at radius 2 is 2.28 bits per heavy atom. The van der Waals surface area contributed by atoms with Crippen molar-refractivity contribution in [1.29, 1.82) is 0 Å². The van der Waals surface area contributed by atoms with Gasteiger partial charge in [-0.2, -0.15) is 0 Å². The second kappa shape index (κ2) is 4.86. The molecule has 94 valence electrons. The Balaban J connectivity index is 1.80. The van der Waals surface area contributed by atoms with E-state index in [0.717, 1.165) is 28.2 Å². The van der Waals surface area contributed by atoms with Crippen LogP contribution in [0.1, 0.15) is 24.3 Å². The molecule has 1 aliphatic rings. The zero-order chi connectivity index (χ0) is 12.5. The van der Waals surface area contributed by atoms with Gasteiger partial charge in [0.2, 0.25) is 5.89 Å². The van der Waals surface area contributed by atoms with Crippen molar-refractivity contribution in [3.05, 3.63) is 40.3 Å². The highest BCUT2D eigenvalue weighted by molar-refractivity contribution is 9.10. The van der Waals surface area contributed by atoms with E-state index >= 15 is 0 Å². The minimum absolute atomic E-state index is 0.674. The Labute approximate surface area is 115 Å². The molecule has 1 heterocycles. The van der Waals surface area contributed by atoms with Gasteiger partial charge in [0, 0.05) is 16.1 Å². The summed E-state index contributed by atoms with van der Waals surface area (Å²) in [4.78, 5) is 4.32. The molecule has 1 N–H and O–H groups in total. The molecule has 0 saturated heterocycles. The number of nitrogens with zero attached hydrogens (tertiary/aromatic N) is 1. The first kappa shape index (κ1) is 11.9. The van der Waals surface area contributed by atoms with Crippen LogP contribution < -0.4 is 5.32 Å². The average Bonchev–Trinajstić information content (AvgIpc) is 3.08. The lowest BCUT2D eigenvalue weighted by Gasteiger charge is -2.02. The summed E-state index contributed by atoms with van der Waals surface area (Å²) in [5, 5.41) is 3.40. The van der Waals surface area contributed by atoms with E-state index in [1.54, 1.807) is 6.20 Å². The minimum atomic E-state index is 0.674. The standard InChI is InChI=1S/C14H15BrN2O/c1-9-2-3-10(15)6-12(9)13-7-17-14(18-13)8-16-11-4-5-11/h2-3,6-7,11,16H,4-5,8H2,1H3. The second-order valence-electron chi connectivity index (χ2n) is 4.73. The van der Waals surface area contributed by atoms with Crippen molar-refractivity contribution >= 4 is 15.9 Å². The lowest BCUT2D eigenvalue weighted by molar-refractivity contribution is 0.476. The highest BCUT2D eigenvalue weighted by Crippen LogP contribution is 2.27. The van der Waals surface area contributed by atoms with Gasteiger partial charge in [-0.1, -0.05) is 22.0 Å². The molecule has 3 nitrogen and oxygen atoms in total. The van der Waals surface area contributed by atoms with Crippen molar-refractivity contribution in [2.75, 3.05) is 0 Å². The maximum atomic E-state index is 5.79. The van der Waals surface area contributed by atoms with Crippen LogP contribution in [0.15, 0.2) is 33.3 Å². The van der Waals surface area contributed by atoms with Gasteiger partial charge in [0.25, 0.3) is 0 Å². The zero-order valence-electron chi connectivity index (χ0n) is 10.2. The highest BCUT2D eigenvalue weighted by Gasteiger charge is 2.21. The maximum absolute atomic E-state index is 5.79. The normalized spacial score (nSPS) is 15.0. The Morgan fingerprint density at radius 1 is 1.44 bits per heavy atom. The third-order valence-electron chi connectivity index (χ3n) is 3.14. The number of nitrogens with one attached hydrogen (secondary N) is 1. The van der Waals surface area contributed by atoms with Crippen molar-refractivity contribution in [1.82, 2.24) is 10.3 Å². The number of hydrogen-bond acceptors (Lipinski definition) is 3. The van der Waals surface area contributed by atoms with Gasteiger partial charge >= 0.3 is 0 Å². The van der Waals surface area contributed by atoms with Crippen molar-refractivity contribution in [2.45, 2.75) is 32.4 Å². The molecule has 4 heteroatoms. The van der Waals surface area contributed by atoms with Crippen molar-refractivity contribution in [2.24, 2.45) is 0 Å².